The molecule has 8 nitrogen and oxygen atoms in total. The van der Waals surface area contributed by atoms with Crippen molar-refractivity contribution in [2.45, 2.75) is 33.2 Å². The molecule has 1 aliphatic rings. The Bertz CT molecular complexity index is 1310. The number of esters is 1. The fraction of sp³-hybridized carbons (Fsp3) is 0.269. The van der Waals surface area contributed by atoms with Crippen LogP contribution in [0.1, 0.15) is 34.4 Å². The van der Waals surface area contributed by atoms with E-state index in [9.17, 15) is 19.2 Å². The lowest BCUT2D eigenvalue weighted by molar-refractivity contribution is -0.147. The van der Waals surface area contributed by atoms with Crippen LogP contribution in [0.3, 0.4) is 0 Å². The van der Waals surface area contributed by atoms with Crippen LogP contribution in [-0.2, 0) is 27.3 Å². The van der Waals surface area contributed by atoms with E-state index in [1.54, 1.807) is 29.7 Å². The summed E-state index contributed by atoms with van der Waals surface area (Å²) in [4.78, 5) is 24.7. The number of nitriles is 1. The van der Waals surface area contributed by atoms with Crippen LogP contribution in [0.25, 0.3) is 0 Å². The summed E-state index contributed by atoms with van der Waals surface area (Å²) in [6, 6.07) is 13.6. The zero-order valence-electron chi connectivity index (χ0n) is 19.4. The van der Waals surface area contributed by atoms with Crippen molar-refractivity contribution >= 4 is 17.7 Å². The molecule has 35 heavy (non-hydrogen) atoms. The smallest absolute Gasteiger partial charge is 0.306 e. The minimum atomic E-state index is -0.559. The van der Waals surface area contributed by atoms with Crippen molar-refractivity contribution in [1.29, 1.82) is 5.26 Å². The summed E-state index contributed by atoms with van der Waals surface area (Å²) < 4.78 is 30.8. The van der Waals surface area contributed by atoms with Crippen molar-refractivity contribution in [2.75, 3.05) is 18.7 Å². The minimum Gasteiger partial charge on any atom is -0.456 e. The number of aromatic nitrogens is 1. The van der Waals surface area contributed by atoms with Gasteiger partial charge in [-0.2, -0.15) is 5.26 Å². The summed E-state index contributed by atoms with van der Waals surface area (Å²) in [6.07, 6.45) is 0.518. The van der Waals surface area contributed by atoms with Crippen molar-refractivity contribution in [3.8, 4) is 17.6 Å². The fourth-order valence-electron chi connectivity index (χ4n) is 3.83. The van der Waals surface area contributed by atoms with E-state index in [2.05, 4.69) is 11.4 Å². The van der Waals surface area contributed by atoms with Gasteiger partial charge in [0.1, 0.15) is 17.7 Å². The molecule has 1 N–H and O–H groups in total. The van der Waals surface area contributed by atoms with Crippen molar-refractivity contribution in [3.63, 3.8) is 0 Å². The van der Waals surface area contributed by atoms with Crippen LogP contribution in [-0.4, -0.2) is 29.8 Å². The summed E-state index contributed by atoms with van der Waals surface area (Å²) in [6.45, 7) is 3.66. The number of hydrogen-bond donors (Lipinski definition) is 1. The van der Waals surface area contributed by atoms with Crippen LogP contribution in [0.15, 0.2) is 42.5 Å². The van der Waals surface area contributed by atoms with Crippen LogP contribution in [0.5, 0.6) is 11.5 Å². The number of nitrogens with one attached hydrogen (secondary N) is 1. The zero-order valence-corrected chi connectivity index (χ0v) is 19.4. The first-order valence-corrected chi connectivity index (χ1v) is 11.0. The Morgan fingerprint density at radius 1 is 1.11 bits per heavy atom. The van der Waals surface area contributed by atoms with Crippen LogP contribution in [0.2, 0.25) is 0 Å². The first-order chi connectivity index (χ1) is 16.9. The number of nitrogens with zero attached hydrogens (tertiary/aromatic N) is 2. The highest BCUT2D eigenvalue weighted by molar-refractivity contribution is 5.93. The molecule has 3 aromatic rings. The fourth-order valence-corrected chi connectivity index (χ4v) is 3.83. The zero-order chi connectivity index (χ0) is 24.9. The van der Waals surface area contributed by atoms with Gasteiger partial charge in [0.25, 0.3) is 5.91 Å². The van der Waals surface area contributed by atoms with Crippen molar-refractivity contribution in [1.82, 2.24) is 4.57 Å². The Kier molecular flexibility index (Phi) is 7.01. The van der Waals surface area contributed by atoms with Gasteiger partial charge in [0.05, 0.1) is 5.56 Å². The molecule has 0 radical (unpaired) electrons. The first kappa shape index (κ1) is 23.8. The molecule has 180 valence electrons. The van der Waals surface area contributed by atoms with Crippen LogP contribution < -0.4 is 14.8 Å². The van der Waals surface area contributed by atoms with Crippen LogP contribution in [0.4, 0.5) is 10.2 Å². The highest BCUT2D eigenvalue weighted by Crippen LogP contribution is 2.33. The van der Waals surface area contributed by atoms with Gasteiger partial charge >= 0.3 is 5.97 Å². The number of ether oxygens (including phenoxy) is 3. The minimum absolute atomic E-state index is 0.0928. The van der Waals surface area contributed by atoms with E-state index in [0.29, 0.717) is 35.8 Å². The van der Waals surface area contributed by atoms with Crippen molar-refractivity contribution < 1.29 is 28.2 Å². The van der Waals surface area contributed by atoms with Gasteiger partial charge in [0, 0.05) is 18.7 Å². The Balaban J connectivity index is 1.36. The summed E-state index contributed by atoms with van der Waals surface area (Å²) in [5.74, 6) is 0.189. The molecule has 0 atom stereocenters. The standard InChI is InChI=1S/C26H24FN3O5/c1-16-17(2)30(13-19-3-7-20(27)8-4-19)26(21(16)12-28)29-24(31)14-33-25(32)10-6-18-5-9-22-23(11-18)35-15-34-22/h3-5,7-9,11H,6,10,13-15H2,1-2H3,(H,29,31). The number of rotatable bonds is 8. The second-order valence-corrected chi connectivity index (χ2v) is 8.15. The van der Waals surface area contributed by atoms with E-state index in [-0.39, 0.29) is 19.0 Å². The average molecular weight is 477 g/mol. The second-order valence-electron chi connectivity index (χ2n) is 8.15. The molecule has 2 aromatic carbocycles. The van der Waals surface area contributed by atoms with Gasteiger partial charge in [-0.25, -0.2) is 4.39 Å². The maximum absolute atomic E-state index is 13.3. The maximum atomic E-state index is 13.3. The molecule has 1 aromatic heterocycles. The molecule has 0 fully saturated rings. The van der Waals surface area contributed by atoms with Gasteiger partial charge in [0.15, 0.2) is 18.1 Å². The number of carbonyl (C=O) groups excluding carboxylic acids is 2. The number of carbonyl (C=O) groups is 2. The van der Waals surface area contributed by atoms with Gasteiger partial charge in [-0.05, 0) is 61.2 Å². The number of benzene rings is 2. The highest BCUT2D eigenvalue weighted by Gasteiger charge is 2.21. The molecule has 0 bridgehead atoms. The van der Waals surface area contributed by atoms with Gasteiger partial charge in [-0.1, -0.05) is 18.2 Å². The molecule has 1 amide bonds. The van der Waals surface area contributed by atoms with Gasteiger partial charge < -0.3 is 24.1 Å². The van der Waals surface area contributed by atoms with Crippen molar-refractivity contribution in [2.24, 2.45) is 0 Å². The van der Waals surface area contributed by atoms with Crippen molar-refractivity contribution in [3.05, 3.63) is 76.2 Å². The third-order valence-corrected chi connectivity index (χ3v) is 5.87. The number of anilines is 1. The van der Waals surface area contributed by atoms with E-state index >= 15 is 0 Å². The molecule has 0 unspecified atom stereocenters. The lowest BCUT2D eigenvalue weighted by Gasteiger charge is -2.13. The monoisotopic (exact) mass is 477 g/mol. The van der Waals surface area contributed by atoms with Crippen LogP contribution in [0, 0.1) is 31.0 Å². The first-order valence-electron chi connectivity index (χ1n) is 11.0. The van der Waals surface area contributed by atoms with E-state index in [0.717, 1.165) is 22.4 Å². The van der Waals surface area contributed by atoms with E-state index in [1.807, 2.05) is 19.1 Å². The largest absolute Gasteiger partial charge is 0.456 e. The predicted octanol–water partition coefficient (Wildman–Crippen LogP) is 4.01. The molecule has 9 heteroatoms. The molecule has 0 spiro atoms. The molecule has 2 heterocycles. The average Bonchev–Trinajstić information content (AvgIpc) is 3.40. The topological polar surface area (TPSA) is 103 Å². The lowest BCUT2D eigenvalue weighted by atomic mass is 10.1. The highest BCUT2D eigenvalue weighted by atomic mass is 19.1. The summed E-state index contributed by atoms with van der Waals surface area (Å²) in [7, 11) is 0. The predicted molar refractivity (Wildman–Crippen MR) is 125 cm³/mol. The van der Waals surface area contributed by atoms with Gasteiger partial charge in [0.2, 0.25) is 6.79 Å². The summed E-state index contributed by atoms with van der Waals surface area (Å²) >= 11 is 0. The Morgan fingerprint density at radius 2 is 1.83 bits per heavy atom. The number of amides is 1. The quantitative estimate of drug-likeness (QED) is 0.492. The van der Waals surface area contributed by atoms with Crippen LogP contribution >= 0.6 is 0 Å². The number of fused-ring (bicyclic) bond motifs is 1. The molecule has 4 rings (SSSR count). The molecule has 0 aliphatic carbocycles. The summed E-state index contributed by atoms with van der Waals surface area (Å²) in [5.41, 5.74) is 3.54. The number of aryl methyl sites for hydroxylation is 1. The lowest BCUT2D eigenvalue weighted by Crippen LogP contribution is -2.23. The number of halogens is 1. The maximum Gasteiger partial charge on any atom is 0.306 e. The van der Waals surface area contributed by atoms with Gasteiger partial charge in [-0.15, -0.1) is 0 Å². The molecular weight excluding hydrogens is 453 g/mol. The number of hydrogen-bond acceptors (Lipinski definition) is 6. The Hall–Kier alpha value is -4.32. The van der Waals surface area contributed by atoms with E-state index < -0.39 is 18.5 Å². The molecular formula is C26H24FN3O5. The molecule has 0 saturated carbocycles. The van der Waals surface area contributed by atoms with E-state index in [1.165, 1.54) is 12.1 Å². The Labute approximate surface area is 201 Å². The molecule has 0 saturated heterocycles. The third-order valence-electron chi connectivity index (χ3n) is 5.87. The Morgan fingerprint density at radius 3 is 2.57 bits per heavy atom. The molecule has 1 aliphatic heterocycles. The SMILES string of the molecule is Cc1c(C#N)c(NC(=O)COC(=O)CCc2ccc3c(c2)OCO3)n(Cc2ccc(F)cc2)c1C. The van der Waals surface area contributed by atoms with Gasteiger partial charge in [-0.3, -0.25) is 9.59 Å². The normalized spacial score (nSPS) is 11.7. The summed E-state index contributed by atoms with van der Waals surface area (Å²) in [5, 5.41) is 12.3. The second kappa shape index (κ2) is 10.3. The third kappa shape index (κ3) is 5.44. The van der Waals surface area contributed by atoms with E-state index in [4.69, 9.17) is 14.2 Å².